The van der Waals surface area contributed by atoms with Gasteiger partial charge in [0.15, 0.2) is 17.7 Å². The summed E-state index contributed by atoms with van der Waals surface area (Å²) >= 11 is 0. The minimum absolute atomic E-state index is 0.0500. The van der Waals surface area contributed by atoms with Gasteiger partial charge in [0, 0.05) is 6.42 Å². The van der Waals surface area contributed by atoms with Gasteiger partial charge in [-0.05, 0) is 6.42 Å². The second-order valence-electron chi connectivity index (χ2n) is 6.68. The minimum Gasteiger partial charge on any atom is -0.463 e. The summed E-state index contributed by atoms with van der Waals surface area (Å²) < 4.78 is 43.6. The molecule has 5 atom stereocenters. The molecule has 2 aromatic rings. The number of nitrogens with two attached hydrogens (primary N) is 1. The third-order valence-corrected chi connectivity index (χ3v) is 6.48. The standard InChI is InChI=1S/C14H21N5O11P2/c1-2-3-8(20)27-4-7-11(29-32(25,26)30-31(22,23)24)10(21)14(28-7)19-6-18-9-12(15)16-5-17-13(9)19/h5-7,10-11,14,21H,2-4H2,1H3,(H,25,26)(H2,15,16,17)(H2,22,23,24)/t7-,10-,11-,14-/m1/s1. The molecule has 0 bridgehead atoms. The number of fused-ring (bicyclic) bond motifs is 1. The topological polar surface area (TPSA) is 239 Å². The summed E-state index contributed by atoms with van der Waals surface area (Å²) in [6, 6.07) is 0. The molecule has 0 amide bonds. The number of carbonyl (C=O) groups excluding carboxylic acids is 1. The Hall–Kier alpha value is -2.00. The molecule has 18 heteroatoms. The van der Waals surface area contributed by atoms with Crippen LogP contribution in [0.15, 0.2) is 12.7 Å². The molecule has 1 unspecified atom stereocenters. The Morgan fingerprint density at radius 1 is 1.28 bits per heavy atom. The zero-order valence-corrected chi connectivity index (χ0v) is 18.3. The molecule has 0 aliphatic carbocycles. The SMILES string of the molecule is CCCC(=O)OC[C@H]1O[C@@H](n2cnc3c(N)ncnc32)[C@H](O)[C@@H]1OP(=O)(O)OP(=O)(O)O. The summed E-state index contributed by atoms with van der Waals surface area (Å²) in [6.45, 7) is 1.24. The van der Waals surface area contributed by atoms with Gasteiger partial charge in [0.05, 0.1) is 6.33 Å². The number of aliphatic hydroxyl groups excluding tert-OH is 1. The average Bonchev–Trinajstić information content (AvgIpc) is 3.21. The third kappa shape index (κ3) is 5.67. The van der Waals surface area contributed by atoms with Crippen LogP contribution >= 0.6 is 15.6 Å². The summed E-state index contributed by atoms with van der Waals surface area (Å²) in [5.74, 6) is -0.547. The van der Waals surface area contributed by atoms with Crippen molar-refractivity contribution in [1.82, 2.24) is 19.5 Å². The fourth-order valence-corrected chi connectivity index (χ4v) is 4.83. The highest BCUT2D eigenvalue weighted by Gasteiger charge is 2.50. The number of imidazole rings is 1. The van der Waals surface area contributed by atoms with E-state index in [-0.39, 0.29) is 23.4 Å². The first-order chi connectivity index (χ1) is 14.9. The second kappa shape index (κ2) is 9.47. The van der Waals surface area contributed by atoms with Gasteiger partial charge in [-0.3, -0.25) is 13.9 Å². The van der Waals surface area contributed by atoms with Crippen molar-refractivity contribution in [2.24, 2.45) is 0 Å². The predicted octanol–water partition coefficient (Wildman–Crippen LogP) is -0.395. The molecule has 0 aromatic carbocycles. The van der Waals surface area contributed by atoms with Crippen molar-refractivity contribution in [3.05, 3.63) is 12.7 Å². The van der Waals surface area contributed by atoms with Crippen molar-refractivity contribution in [2.75, 3.05) is 12.3 Å². The molecule has 1 aliphatic heterocycles. The Bertz CT molecular complexity index is 1070. The maximum absolute atomic E-state index is 12.1. The minimum atomic E-state index is -5.42. The quantitative estimate of drug-likeness (QED) is 0.219. The number of hydrogen-bond donors (Lipinski definition) is 5. The molecule has 2 aromatic heterocycles. The molecule has 178 valence electrons. The lowest BCUT2D eigenvalue weighted by molar-refractivity contribution is -0.149. The van der Waals surface area contributed by atoms with Crippen LogP contribution in [0.1, 0.15) is 26.0 Å². The highest BCUT2D eigenvalue weighted by molar-refractivity contribution is 7.60. The summed E-state index contributed by atoms with van der Waals surface area (Å²) in [6.07, 6.45) is -3.10. The molecule has 1 fully saturated rings. The van der Waals surface area contributed by atoms with Gasteiger partial charge in [-0.2, -0.15) is 4.31 Å². The van der Waals surface area contributed by atoms with E-state index in [1.807, 2.05) is 0 Å². The van der Waals surface area contributed by atoms with Gasteiger partial charge in [-0.25, -0.2) is 24.1 Å². The van der Waals surface area contributed by atoms with Crippen LogP contribution in [0.25, 0.3) is 11.2 Å². The van der Waals surface area contributed by atoms with Crippen molar-refractivity contribution in [2.45, 2.75) is 44.3 Å². The summed E-state index contributed by atoms with van der Waals surface area (Å²) in [5.41, 5.74) is 6.08. The molecule has 1 aliphatic rings. The first-order valence-electron chi connectivity index (χ1n) is 9.12. The average molecular weight is 497 g/mol. The number of nitrogen functional groups attached to an aromatic ring is 1. The van der Waals surface area contributed by atoms with Gasteiger partial charge in [-0.15, -0.1) is 0 Å². The van der Waals surface area contributed by atoms with E-state index in [9.17, 15) is 23.9 Å². The van der Waals surface area contributed by atoms with E-state index in [1.165, 1.54) is 10.9 Å². The zero-order chi connectivity index (χ0) is 23.7. The Kier molecular flexibility index (Phi) is 7.29. The lowest BCUT2D eigenvalue weighted by Gasteiger charge is -2.23. The first-order valence-corrected chi connectivity index (χ1v) is 12.1. The maximum atomic E-state index is 12.1. The van der Waals surface area contributed by atoms with Gasteiger partial charge in [0.2, 0.25) is 0 Å². The molecular formula is C14H21N5O11P2. The summed E-state index contributed by atoms with van der Waals surface area (Å²) in [5, 5.41) is 10.8. The molecule has 0 spiro atoms. The van der Waals surface area contributed by atoms with Gasteiger partial charge in [0.25, 0.3) is 0 Å². The van der Waals surface area contributed by atoms with Crippen LogP contribution in [-0.4, -0.2) is 70.2 Å². The Balaban J connectivity index is 1.89. The second-order valence-corrected chi connectivity index (χ2v) is 9.46. The lowest BCUT2D eigenvalue weighted by atomic mass is 10.1. The van der Waals surface area contributed by atoms with E-state index >= 15 is 0 Å². The van der Waals surface area contributed by atoms with E-state index in [0.717, 1.165) is 6.33 Å². The predicted molar refractivity (Wildman–Crippen MR) is 103 cm³/mol. The van der Waals surface area contributed by atoms with Crippen molar-refractivity contribution < 1.29 is 52.0 Å². The molecular weight excluding hydrogens is 476 g/mol. The van der Waals surface area contributed by atoms with Crippen molar-refractivity contribution >= 4 is 38.6 Å². The van der Waals surface area contributed by atoms with Crippen LogP contribution in [0, 0.1) is 0 Å². The highest BCUT2D eigenvalue weighted by atomic mass is 31.3. The fraction of sp³-hybridized carbons (Fsp3) is 0.571. The van der Waals surface area contributed by atoms with Crippen LogP contribution in [0.5, 0.6) is 0 Å². The van der Waals surface area contributed by atoms with E-state index in [0.29, 0.717) is 6.42 Å². The van der Waals surface area contributed by atoms with Crippen molar-refractivity contribution in [1.29, 1.82) is 0 Å². The monoisotopic (exact) mass is 497 g/mol. The normalized spacial score (nSPS) is 25.7. The number of hydrogen-bond acceptors (Lipinski definition) is 12. The van der Waals surface area contributed by atoms with E-state index in [4.69, 9.17) is 29.5 Å². The van der Waals surface area contributed by atoms with Gasteiger partial charge < -0.3 is 35.0 Å². The Labute approximate surface area is 180 Å². The number of phosphoric ester groups is 1. The number of esters is 1. The molecule has 0 radical (unpaired) electrons. The number of aliphatic hydroxyl groups is 1. The molecule has 32 heavy (non-hydrogen) atoms. The van der Waals surface area contributed by atoms with Crippen LogP contribution < -0.4 is 5.73 Å². The molecule has 6 N–H and O–H groups in total. The maximum Gasteiger partial charge on any atom is 0.481 e. The lowest BCUT2D eigenvalue weighted by Crippen LogP contribution is -2.36. The number of phosphoric acid groups is 2. The van der Waals surface area contributed by atoms with E-state index in [2.05, 4.69) is 19.3 Å². The third-order valence-electron chi connectivity index (χ3n) is 4.30. The van der Waals surface area contributed by atoms with Crippen LogP contribution in [-0.2, 0) is 32.2 Å². The van der Waals surface area contributed by atoms with Crippen LogP contribution in [0.2, 0.25) is 0 Å². The molecule has 3 rings (SSSR count). The summed E-state index contributed by atoms with van der Waals surface area (Å²) in [7, 11) is -10.8. The van der Waals surface area contributed by atoms with E-state index < -0.39 is 52.8 Å². The molecule has 0 saturated carbocycles. The highest BCUT2D eigenvalue weighted by Crippen LogP contribution is 2.59. The van der Waals surface area contributed by atoms with Gasteiger partial charge in [0.1, 0.15) is 36.8 Å². The van der Waals surface area contributed by atoms with Crippen molar-refractivity contribution in [3.63, 3.8) is 0 Å². The number of rotatable bonds is 9. The Morgan fingerprint density at radius 2 is 2.00 bits per heavy atom. The summed E-state index contributed by atoms with van der Waals surface area (Å²) in [4.78, 5) is 50.9. The van der Waals surface area contributed by atoms with Gasteiger partial charge in [-0.1, -0.05) is 6.92 Å². The first kappa shape index (κ1) is 24.6. The van der Waals surface area contributed by atoms with Gasteiger partial charge >= 0.3 is 21.6 Å². The molecule has 1 saturated heterocycles. The number of anilines is 1. The number of carbonyl (C=O) groups is 1. The van der Waals surface area contributed by atoms with Crippen LogP contribution in [0.3, 0.4) is 0 Å². The zero-order valence-electron chi connectivity index (χ0n) is 16.5. The number of nitrogens with zero attached hydrogens (tertiary/aromatic N) is 4. The molecule has 16 nitrogen and oxygen atoms in total. The smallest absolute Gasteiger partial charge is 0.463 e. The number of aromatic nitrogens is 4. The largest absolute Gasteiger partial charge is 0.481 e. The fourth-order valence-electron chi connectivity index (χ4n) is 3.03. The number of ether oxygens (including phenoxy) is 2. The van der Waals surface area contributed by atoms with E-state index in [1.54, 1.807) is 6.92 Å². The Morgan fingerprint density at radius 3 is 2.66 bits per heavy atom. The van der Waals surface area contributed by atoms with Crippen molar-refractivity contribution in [3.8, 4) is 0 Å². The van der Waals surface area contributed by atoms with Crippen LogP contribution in [0.4, 0.5) is 5.82 Å². The molecule has 3 heterocycles.